The zero-order chi connectivity index (χ0) is 17.6. The lowest BCUT2D eigenvalue weighted by Crippen LogP contribution is -2.40. The highest BCUT2D eigenvalue weighted by Crippen LogP contribution is 2.46. The van der Waals surface area contributed by atoms with Gasteiger partial charge in [0.1, 0.15) is 0 Å². The topological polar surface area (TPSA) is 54.4 Å². The lowest BCUT2D eigenvalue weighted by Gasteiger charge is -2.33. The van der Waals surface area contributed by atoms with E-state index in [2.05, 4.69) is 0 Å². The fraction of sp³-hybridized carbons (Fsp3) is 0.600. The summed E-state index contributed by atoms with van der Waals surface area (Å²) in [5.74, 6) is -3.45. The molecule has 22 heavy (non-hydrogen) atoms. The Balaban J connectivity index is 0.000000763. The van der Waals surface area contributed by atoms with Gasteiger partial charge in [0, 0.05) is 6.92 Å². The summed E-state index contributed by atoms with van der Waals surface area (Å²) in [6, 6.07) is 7.73. The van der Waals surface area contributed by atoms with Crippen LogP contribution in [0, 0.1) is 5.92 Å². The van der Waals surface area contributed by atoms with Gasteiger partial charge in [0.05, 0.1) is 6.26 Å². The molecule has 2 atom stereocenters. The third-order valence-corrected chi connectivity index (χ3v) is 3.25. The molecule has 1 aromatic carbocycles. The van der Waals surface area contributed by atoms with Crippen molar-refractivity contribution in [2.24, 2.45) is 5.92 Å². The predicted molar refractivity (Wildman–Crippen MR) is 81.4 cm³/mol. The molecule has 2 unspecified atom stereocenters. The first kappa shape index (κ1) is 20.9. The van der Waals surface area contributed by atoms with Crippen molar-refractivity contribution in [3.63, 3.8) is 0 Å². The average Bonchev–Trinajstić information content (AvgIpc) is 2.36. The summed E-state index contributed by atoms with van der Waals surface area (Å²) in [5.41, 5.74) is -2.52. The summed E-state index contributed by atoms with van der Waals surface area (Å²) in [4.78, 5) is 0. The molecule has 1 aromatic rings. The molecule has 0 amide bonds. The van der Waals surface area contributed by atoms with Crippen LogP contribution in [0.25, 0.3) is 0 Å². The van der Waals surface area contributed by atoms with E-state index in [1.54, 1.807) is 25.1 Å². The first-order chi connectivity index (χ1) is 9.81. The number of halogens is 3. The summed E-state index contributed by atoms with van der Waals surface area (Å²) in [6.45, 7) is 4.33. The molecule has 1 N–H and O–H groups in total. The highest BCUT2D eigenvalue weighted by molar-refractivity contribution is 7.85. The standard InChI is InChI=1S/C14H19F3.CH4O3S/c1-4-11(2)10-14(17,13(3,15)16)12-8-6-5-7-9-12;1-5(2,3)4/h5-9,11H,4,10H2,1-3H3;1H3,(H,2,3,4). The van der Waals surface area contributed by atoms with Crippen molar-refractivity contribution in [1.29, 1.82) is 0 Å². The van der Waals surface area contributed by atoms with Crippen molar-refractivity contribution in [2.75, 3.05) is 6.26 Å². The van der Waals surface area contributed by atoms with Crippen LogP contribution in [0.1, 0.15) is 39.2 Å². The summed E-state index contributed by atoms with van der Waals surface area (Å²) in [5, 5.41) is 0. The normalized spacial score (nSPS) is 16.2. The van der Waals surface area contributed by atoms with Crippen LogP contribution >= 0.6 is 0 Å². The number of hydrogen-bond donors (Lipinski definition) is 1. The van der Waals surface area contributed by atoms with Crippen molar-refractivity contribution in [3.8, 4) is 0 Å². The highest BCUT2D eigenvalue weighted by Gasteiger charge is 2.52. The zero-order valence-corrected chi connectivity index (χ0v) is 14.0. The maximum Gasteiger partial charge on any atom is 0.282 e. The molecule has 0 aliphatic heterocycles. The lowest BCUT2D eigenvalue weighted by molar-refractivity contribution is -0.139. The van der Waals surface area contributed by atoms with Crippen LogP contribution < -0.4 is 0 Å². The molecular weight excluding hydrogens is 317 g/mol. The monoisotopic (exact) mass is 340 g/mol. The molecule has 0 saturated carbocycles. The first-order valence-corrected chi connectivity index (χ1v) is 8.70. The third-order valence-electron chi connectivity index (χ3n) is 3.25. The number of benzene rings is 1. The van der Waals surface area contributed by atoms with E-state index in [4.69, 9.17) is 4.55 Å². The Morgan fingerprint density at radius 2 is 1.59 bits per heavy atom. The van der Waals surface area contributed by atoms with Crippen molar-refractivity contribution in [1.82, 2.24) is 0 Å². The minimum absolute atomic E-state index is 0.0628. The van der Waals surface area contributed by atoms with Crippen LogP contribution in [0.4, 0.5) is 13.2 Å². The van der Waals surface area contributed by atoms with Crippen LogP contribution in [0.3, 0.4) is 0 Å². The van der Waals surface area contributed by atoms with Crippen LogP contribution in [0.15, 0.2) is 30.3 Å². The van der Waals surface area contributed by atoms with Gasteiger partial charge < -0.3 is 0 Å². The first-order valence-electron chi connectivity index (χ1n) is 6.86. The smallest absolute Gasteiger partial charge is 0.282 e. The third kappa shape index (κ3) is 7.26. The van der Waals surface area contributed by atoms with Gasteiger partial charge in [0.25, 0.3) is 16.0 Å². The second-order valence-electron chi connectivity index (χ2n) is 5.51. The van der Waals surface area contributed by atoms with E-state index in [1.165, 1.54) is 12.1 Å². The van der Waals surface area contributed by atoms with Gasteiger partial charge in [-0.2, -0.15) is 8.42 Å². The SMILES string of the molecule is CCC(C)CC(F)(c1ccccc1)C(C)(F)F.CS(=O)(=O)O. The van der Waals surface area contributed by atoms with Gasteiger partial charge in [0.15, 0.2) is 5.67 Å². The van der Waals surface area contributed by atoms with E-state index in [0.717, 1.165) is 0 Å². The Morgan fingerprint density at radius 3 is 1.91 bits per heavy atom. The van der Waals surface area contributed by atoms with Gasteiger partial charge in [-0.3, -0.25) is 4.55 Å². The number of hydrogen-bond acceptors (Lipinski definition) is 2. The Morgan fingerprint density at radius 1 is 1.18 bits per heavy atom. The van der Waals surface area contributed by atoms with Gasteiger partial charge in [0.2, 0.25) is 0 Å². The Bertz CT molecular complexity index is 533. The Kier molecular flexibility index (Phi) is 7.57. The van der Waals surface area contributed by atoms with E-state index in [-0.39, 0.29) is 17.9 Å². The molecule has 3 nitrogen and oxygen atoms in total. The predicted octanol–water partition coefficient (Wildman–Crippen LogP) is 4.45. The number of alkyl halides is 3. The summed E-state index contributed by atoms with van der Waals surface area (Å²) in [6.07, 6.45) is 1.25. The molecule has 0 bridgehead atoms. The van der Waals surface area contributed by atoms with Gasteiger partial charge in [-0.25, -0.2) is 13.2 Å². The minimum atomic E-state index is -3.67. The molecule has 0 radical (unpaired) electrons. The van der Waals surface area contributed by atoms with Crippen molar-refractivity contribution < 1.29 is 26.1 Å². The van der Waals surface area contributed by atoms with Crippen molar-refractivity contribution in [2.45, 2.75) is 45.2 Å². The molecule has 0 aromatic heterocycles. The van der Waals surface area contributed by atoms with E-state index < -0.39 is 21.7 Å². The van der Waals surface area contributed by atoms with Crippen LogP contribution in [-0.4, -0.2) is 25.1 Å². The maximum absolute atomic E-state index is 14.7. The molecule has 7 heteroatoms. The number of rotatable bonds is 5. The maximum atomic E-state index is 14.7. The fourth-order valence-electron chi connectivity index (χ4n) is 1.88. The summed E-state index contributed by atoms with van der Waals surface area (Å²) >= 11 is 0. The van der Waals surface area contributed by atoms with E-state index in [1.807, 2.05) is 6.92 Å². The minimum Gasteiger partial charge on any atom is -0.286 e. The molecule has 0 heterocycles. The van der Waals surface area contributed by atoms with Crippen LogP contribution in [-0.2, 0) is 15.8 Å². The fourth-order valence-corrected chi connectivity index (χ4v) is 1.88. The lowest BCUT2D eigenvalue weighted by atomic mass is 9.81. The van der Waals surface area contributed by atoms with E-state index in [0.29, 0.717) is 19.6 Å². The zero-order valence-electron chi connectivity index (χ0n) is 13.2. The van der Waals surface area contributed by atoms with Gasteiger partial charge >= 0.3 is 0 Å². The summed E-state index contributed by atoms with van der Waals surface area (Å²) in [7, 11) is -3.67. The Hall–Kier alpha value is -1.08. The van der Waals surface area contributed by atoms with Gasteiger partial charge in [-0.05, 0) is 17.9 Å². The highest BCUT2D eigenvalue weighted by atomic mass is 32.2. The quantitative estimate of drug-likeness (QED) is 0.806. The Labute approximate surface area is 130 Å². The second kappa shape index (κ2) is 7.97. The van der Waals surface area contributed by atoms with Gasteiger partial charge in [-0.1, -0.05) is 50.6 Å². The average molecular weight is 340 g/mol. The van der Waals surface area contributed by atoms with Crippen molar-refractivity contribution >= 4 is 10.1 Å². The van der Waals surface area contributed by atoms with Crippen molar-refractivity contribution in [3.05, 3.63) is 35.9 Å². The molecular formula is C15H23F3O3S. The summed E-state index contributed by atoms with van der Waals surface area (Å²) < 4.78 is 67.7. The molecule has 0 aliphatic carbocycles. The van der Waals surface area contributed by atoms with Crippen LogP contribution in [0.5, 0.6) is 0 Å². The van der Waals surface area contributed by atoms with E-state index >= 15 is 0 Å². The molecule has 1 rings (SSSR count). The van der Waals surface area contributed by atoms with Gasteiger partial charge in [-0.15, -0.1) is 0 Å². The van der Waals surface area contributed by atoms with Crippen LogP contribution in [0.2, 0.25) is 0 Å². The molecule has 0 spiro atoms. The largest absolute Gasteiger partial charge is 0.286 e. The molecule has 0 fully saturated rings. The molecule has 0 saturated heterocycles. The molecule has 128 valence electrons. The molecule has 0 aliphatic rings. The second-order valence-corrected chi connectivity index (χ2v) is 6.97. The van der Waals surface area contributed by atoms with E-state index in [9.17, 15) is 21.6 Å².